The van der Waals surface area contributed by atoms with Gasteiger partial charge in [0.1, 0.15) is 11.6 Å². The van der Waals surface area contributed by atoms with Crippen molar-refractivity contribution < 1.29 is 18.3 Å². The third kappa shape index (κ3) is 2.95. The molecule has 19 heavy (non-hydrogen) atoms. The first-order chi connectivity index (χ1) is 9.22. The van der Waals surface area contributed by atoms with Crippen LogP contribution in [-0.2, 0) is 9.47 Å². The summed E-state index contributed by atoms with van der Waals surface area (Å²) in [7, 11) is 0. The molecule has 0 amide bonds. The third-order valence-electron chi connectivity index (χ3n) is 4.15. The molecular weight excluding hydrogens is 250 g/mol. The molecule has 0 spiro atoms. The summed E-state index contributed by atoms with van der Waals surface area (Å²) < 4.78 is 37.6. The highest BCUT2D eigenvalue weighted by Crippen LogP contribution is 2.36. The summed E-state index contributed by atoms with van der Waals surface area (Å²) >= 11 is 0. The highest BCUT2D eigenvalue weighted by atomic mass is 19.1. The standard InChI is InChI=1S/C15H18F2O2/c16-13-5-11(6-14(17)7-13)15-18-8-12(9-19-15)10-3-1-2-4-10/h5-7,10,12,15H,1-4,8-9H2. The zero-order chi connectivity index (χ0) is 13.2. The molecule has 1 aliphatic heterocycles. The van der Waals surface area contributed by atoms with Gasteiger partial charge < -0.3 is 9.47 Å². The van der Waals surface area contributed by atoms with Gasteiger partial charge in [-0.3, -0.25) is 0 Å². The lowest BCUT2D eigenvalue weighted by Gasteiger charge is -2.32. The van der Waals surface area contributed by atoms with Gasteiger partial charge in [0.2, 0.25) is 0 Å². The van der Waals surface area contributed by atoms with Gasteiger partial charge in [0.15, 0.2) is 6.29 Å². The Bertz CT molecular complexity index is 416. The fraction of sp³-hybridized carbons (Fsp3) is 0.600. The van der Waals surface area contributed by atoms with Crippen LogP contribution in [0.3, 0.4) is 0 Å². The highest BCUT2D eigenvalue weighted by Gasteiger charge is 2.31. The number of halogens is 2. The summed E-state index contributed by atoms with van der Waals surface area (Å²) in [6.07, 6.45) is 4.44. The van der Waals surface area contributed by atoms with E-state index in [1.54, 1.807) is 0 Å². The van der Waals surface area contributed by atoms with Crippen molar-refractivity contribution in [1.29, 1.82) is 0 Å². The maximum Gasteiger partial charge on any atom is 0.184 e. The second-order valence-electron chi connectivity index (χ2n) is 5.51. The van der Waals surface area contributed by atoms with Crippen molar-refractivity contribution in [2.45, 2.75) is 32.0 Å². The summed E-state index contributed by atoms with van der Waals surface area (Å²) in [6, 6.07) is 3.39. The van der Waals surface area contributed by atoms with Crippen molar-refractivity contribution >= 4 is 0 Å². The summed E-state index contributed by atoms with van der Waals surface area (Å²) in [4.78, 5) is 0. The monoisotopic (exact) mass is 268 g/mol. The minimum Gasteiger partial charge on any atom is -0.348 e. The predicted octanol–water partition coefficient (Wildman–Crippen LogP) is 3.82. The first-order valence-corrected chi connectivity index (χ1v) is 6.91. The molecular formula is C15H18F2O2. The molecule has 0 aromatic heterocycles. The van der Waals surface area contributed by atoms with Gasteiger partial charge in [0, 0.05) is 17.5 Å². The van der Waals surface area contributed by atoms with Gasteiger partial charge >= 0.3 is 0 Å². The molecule has 3 rings (SSSR count). The Morgan fingerprint density at radius 2 is 1.42 bits per heavy atom. The lowest BCUT2D eigenvalue weighted by Crippen LogP contribution is -2.31. The summed E-state index contributed by atoms with van der Waals surface area (Å²) in [5.41, 5.74) is 0.419. The molecule has 0 bridgehead atoms. The van der Waals surface area contributed by atoms with Crippen LogP contribution < -0.4 is 0 Å². The largest absolute Gasteiger partial charge is 0.348 e. The van der Waals surface area contributed by atoms with Gasteiger partial charge in [-0.25, -0.2) is 8.78 Å². The SMILES string of the molecule is Fc1cc(F)cc(C2OCC(C3CCCC3)CO2)c1. The summed E-state index contributed by atoms with van der Waals surface area (Å²) in [5.74, 6) is -0.0809. The van der Waals surface area contributed by atoms with Crippen molar-refractivity contribution in [2.24, 2.45) is 11.8 Å². The number of hydrogen-bond donors (Lipinski definition) is 0. The van der Waals surface area contributed by atoms with E-state index < -0.39 is 17.9 Å². The van der Waals surface area contributed by atoms with Crippen molar-refractivity contribution in [3.05, 3.63) is 35.4 Å². The quantitative estimate of drug-likeness (QED) is 0.812. The van der Waals surface area contributed by atoms with Gasteiger partial charge in [-0.1, -0.05) is 25.7 Å². The average molecular weight is 268 g/mol. The smallest absolute Gasteiger partial charge is 0.184 e. The Morgan fingerprint density at radius 3 is 2.00 bits per heavy atom. The van der Waals surface area contributed by atoms with E-state index in [2.05, 4.69) is 0 Å². The highest BCUT2D eigenvalue weighted by molar-refractivity contribution is 5.19. The van der Waals surface area contributed by atoms with E-state index in [1.165, 1.54) is 37.8 Å². The first kappa shape index (κ1) is 13.0. The minimum atomic E-state index is -0.636. The topological polar surface area (TPSA) is 18.5 Å². The maximum absolute atomic E-state index is 13.2. The van der Waals surface area contributed by atoms with Crippen molar-refractivity contribution in [2.75, 3.05) is 13.2 Å². The van der Waals surface area contributed by atoms with Crippen molar-refractivity contribution in [3.8, 4) is 0 Å². The molecule has 1 aromatic carbocycles. The molecule has 2 nitrogen and oxygen atoms in total. The van der Waals surface area contributed by atoms with E-state index in [4.69, 9.17) is 9.47 Å². The molecule has 4 heteroatoms. The second-order valence-corrected chi connectivity index (χ2v) is 5.51. The Morgan fingerprint density at radius 1 is 0.842 bits per heavy atom. The zero-order valence-electron chi connectivity index (χ0n) is 10.8. The van der Waals surface area contributed by atoms with E-state index in [1.807, 2.05) is 0 Å². The Hall–Kier alpha value is -1.00. The summed E-state index contributed by atoms with van der Waals surface area (Å²) in [6.45, 7) is 1.24. The number of hydrogen-bond acceptors (Lipinski definition) is 2. The second kappa shape index (κ2) is 5.55. The minimum absolute atomic E-state index is 0.419. The van der Waals surface area contributed by atoms with Crippen LogP contribution in [0.5, 0.6) is 0 Å². The lowest BCUT2D eigenvalue weighted by atomic mass is 9.92. The fourth-order valence-electron chi connectivity index (χ4n) is 3.12. The van der Waals surface area contributed by atoms with Crippen LogP contribution in [-0.4, -0.2) is 13.2 Å². The maximum atomic E-state index is 13.2. The van der Waals surface area contributed by atoms with Crippen LogP contribution in [0, 0.1) is 23.5 Å². The van der Waals surface area contributed by atoms with Gasteiger partial charge in [0.25, 0.3) is 0 Å². The van der Waals surface area contributed by atoms with E-state index in [0.29, 0.717) is 30.6 Å². The van der Waals surface area contributed by atoms with Crippen LogP contribution in [0.2, 0.25) is 0 Å². The molecule has 1 aliphatic carbocycles. The molecule has 0 unspecified atom stereocenters. The fourth-order valence-corrected chi connectivity index (χ4v) is 3.12. The van der Waals surface area contributed by atoms with Crippen LogP contribution >= 0.6 is 0 Å². The molecule has 1 saturated carbocycles. The Labute approximate surface area is 111 Å². The number of ether oxygens (including phenoxy) is 2. The van der Waals surface area contributed by atoms with Gasteiger partial charge in [-0.05, 0) is 18.1 Å². The molecule has 0 atom stereocenters. The summed E-state index contributed by atoms with van der Waals surface area (Å²) in [5, 5.41) is 0. The molecule has 1 heterocycles. The van der Waals surface area contributed by atoms with E-state index in [-0.39, 0.29) is 0 Å². The van der Waals surface area contributed by atoms with Crippen LogP contribution in [0.4, 0.5) is 8.78 Å². The van der Waals surface area contributed by atoms with Crippen LogP contribution in [0.15, 0.2) is 18.2 Å². The average Bonchev–Trinajstić information content (AvgIpc) is 2.91. The zero-order valence-corrected chi connectivity index (χ0v) is 10.8. The lowest BCUT2D eigenvalue weighted by molar-refractivity contribution is -0.212. The third-order valence-corrected chi connectivity index (χ3v) is 4.15. The molecule has 0 radical (unpaired) electrons. The number of benzene rings is 1. The van der Waals surface area contributed by atoms with Crippen LogP contribution in [0.25, 0.3) is 0 Å². The molecule has 2 fully saturated rings. The predicted molar refractivity (Wildman–Crippen MR) is 66.5 cm³/mol. The van der Waals surface area contributed by atoms with Gasteiger partial charge in [-0.2, -0.15) is 0 Å². The van der Waals surface area contributed by atoms with Gasteiger partial charge in [-0.15, -0.1) is 0 Å². The normalized spacial score (nSPS) is 28.7. The van der Waals surface area contributed by atoms with Crippen LogP contribution in [0.1, 0.15) is 37.5 Å². The van der Waals surface area contributed by atoms with E-state index in [9.17, 15) is 8.78 Å². The van der Waals surface area contributed by atoms with E-state index >= 15 is 0 Å². The first-order valence-electron chi connectivity index (χ1n) is 6.91. The molecule has 0 N–H and O–H groups in total. The number of rotatable bonds is 2. The Kier molecular flexibility index (Phi) is 3.80. The van der Waals surface area contributed by atoms with Crippen molar-refractivity contribution in [1.82, 2.24) is 0 Å². The molecule has 2 aliphatic rings. The molecule has 104 valence electrons. The van der Waals surface area contributed by atoms with Crippen molar-refractivity contribution in [3.63, 3.8) is 0 Å². The molecule has 1 aromatic rings. The Balaban J connectivity index is 1.63. The molecule has 1 saturated heterocycles. The van der Waals surface area contributed by atoms with Gasteiger partial charge in [0.05, 0.1) is 13.2 Å². The van der Waals surface area contributed by atoms with E-state index in [0.717, 1.165) is 6.07 Å².